The van der Waals surface area contributed by atoms with Crippen LogP contribution >= 0.6 is 0 Å². The van der Waals surface area contributed by atoms with E-state index < -0.39 is 23.2 Å². The minimum Gasteiger partial charge on any atom is -0.490 e. The number of nitrogens with one attached hydrogen (secondary N) is 1. The van der Waals surface area contributed by atoms with Gasteiger partial charge in [-0.3, -0.25) is 14.9 Å². The average Bonchev–Trinajstić information content (AvgIpc) is 2.63. The molecular weight excluding hydrogens is 379 g/mol. The number of benzene rings is 1. The Bertz CT molecular complexity index is 797. The van der Waals surface area contributed by atoms with E-state index in [1.807, 2.05) is 20.8 Å². The zero-order chi connectivity index (χ0) is 21.2. The lowest BCUT2D eigenvalue weighted by molar-refractivity contribution is -0.134. The van der Waals surface area contributed by atoms with E-state index in [9.17, 15) is 18.8 Å². The second kappa shape index (κ2) is 8.39. The highest BCUT2D eigenvalue weighted by Crippen LogP contribution is 2.31. The Kier molecular flexibility index (Phi) is 6.10. The predicted molar refractivity (Wildman–Crippen MR) is 103 cm³/mol. The number of ether oxygens (including phenoxy) is 2. The summed E-state index contributed by atoms with van der Waals surface area (Å²) < 4.78 is 25.7. The topological polar surface area (TPSA) is 84.9 Å². The van der Waals surface area contributed by atoms with Crippen molar-refractivity contribution in [2.75, 3.05) is 13.1 Å². The number of carbonyl (C=O) groups excluding carboxylic acids is 3. The fraction of sp³-hybridized carbons (Fsp3) is 0.571. The fourth-order valence-electron chi connectivity index (χ4n) is 3.53. The number of amides is 3. The van der Waals surface area contributed by atoms with Crippen molar-refractivity contribution in [3.05, 3.63) is 29.6 Å². The van der Waals surface area contributed by atoms with E-state index in [0.29, 0.717) is 31.7 Å². The van der Waals surface area contributed by atoms with Gasteiger partial charge in [0.25, 0.3) is 0 Å². The summed E-state index contributed by atoms with van der Waals surface area (Å²) in [6.07, 6.45) is 1.27. The Morgan fingerprint density at radius 2 is 1.86 bits per heavy atom. The average molecular weight is 406 g/mol. The van der Waals surface area contributed by atoms with Crippen molar-refractivity contribution >= 4 is 17.9 Å². The van der Waals surface area contributed by atoms with Crippen LogP contribution in [0, 0.1) is 5.82 Å². The van der Waals surface area contributed by atoms with Crippen molar-refractivity contribution in [2.45, 2.75) is 64.1 Å². The van der Waals surface area contributed by atoms with E-state index in [1.165, 1.54) is 18.2 Å². The van der Waals surface area contributed by atoms with Crippen LogP contribution in [0.2, 0.25) is 0 Å². The molecule has 7 nitrogen and oxygen atoms in total. The molecule has 29 heavy (non-hydrogen) atoms. The predicted octanol–water partition coefficient (Wildman–Crippen LogP) is 3.12. The molecule has 0 aromatic heterocycles. The first-order valence-corrected chi connectivity index (χ1v) is 9.90. The number of hydrogen-bond acceptors (Lipinski definition) is 5. The lowest BCUT2D eigenvalue weighted by Gasteiger charge is -2.33. The van der Waals surface area contributed by atoms with Gasteiger partial charge in [0.2, 0.25) is 11.8 Å². The number of imide groups is 1. The minimum absolute atomic E-state index is 0.117. The molecule has 2 fully saturated rings. The van der Waals surface area contributed by atoms with Gasteiger partial charge in [-0.15, -0.1) is 0 Å². The van der Waals surface area contributed by atoms with E-state index in [0.717, 1.165) is 0 Å². The minimum atomic E-state index is -0.703. The lowest BCUT2D eigenvalue weighted by atomic mass is 9.90. The summed E-state index contributed by atoms with van der Waals surface area (Å²) in [5.74, 6) is -1.54. The number of hydrogen-bond donors (Lipinski definition) is 1. The van der Waals surface area contributed by atoms with Gasteiger partial charge in [-0.25, -0.2) is 9.18 Å². The molecule has 2 saturated heterocycles. The first-order valence-electron chi connectivity index (χ1n) is 9.90. The van der Waals surface area contributed by atoms with E-state index in [-0.39, 0.29) is 36.5 Å². The van der Waals surface area contributed by atoms with Crippen molar-refractivity contribution in [1.29, 1.82) is 0 Å². The summed E-state index contributed by atoms with van der Waals surface area (Å²) in [6, 6.07) is 4.35. The highest BCUT2D eigenvalue weighted by atomic mass is 19.1. The quantitative estimate of drug-likeness (QED) is 0.780. The Morgan fingerprint density at radius 1 is 1.17 bits per heavy atom. The van der Waals surface area contributed by atoms with Gasteiger partial charge in [0.15, 0.2) is 0 Å². The normalized spacial score (nSPS) is 21.0. The standard InChI is InChI=1S/C21H27FN2O5/c1-21(2,3)29-20(27)24-10-8-13(9-11-24)28-14-4-6-17(22)16(12-14)15-5-7-18(25)23-19(15)26/h4,6,12-13,15H,5,7-11H2,1-3H3,(H,23,25,26). The molecule has 2 aliphatic heterocycles. The lowest BCUT2D eigenvalue weighted by Crippen LogP contribution is -2.44. The van der Waals surface area contributed by atoms with Gasteiger partial charge in [0, 0.05) is 37.9 Å². The number of rotatable bonds is 3. The molecule has 1 aromatic rings. The van der Waals surface area contributed by atoms with E-state index in [2.05, 4.69) is 5.32 Å². The van der Waals surface area contributed by atoms with Gasteiger partial charge in [-0.1, -0.05) is 0 Å². The molecule has 1 unspecified atom stereocenters. The molecule has 1 atom stereocenters. The highest BCUT2D eigenvalue weighted by molar-refractivity contribution is 6.01. The van der Waals surface area contributed by atoms with Gasteiger partial charge in [0.1, 0.15) is 23.3 Å². The van der Waals surface area contributed by atoms with Gasteiger partial charge >= 0.3 is 6.09 Å². The zero-order valence-electron chi connectivity index (χ0n) is 17.0. The van der Waals surface area contributed by atoms with Gasteiger partial charge in [-0.05, 0) is 45.4 Å². The maximum atomic E-state index is 14.3. The van der Waals surface area contributed by atoms with Crippen molar-refractivity contribution in [3.63, 3.8) is 0 Å². The number of carbonyl (C=O) groups is 3. The van der Waals surface area contributed by atoms with Gasteiger partial charge in [-0.2, -0.15) is 0 Å². The van der Waals surface area contributed by atoms with Gasteiger partial charge in [0.05, 0.1) is 5.92 Å². The number of likely N-dealkylation sites (tertiary alicyclic amines) is 1. The third kappa shape index (κ3) is 5.46. The summed E-state index contributed by atoms with van der Waals surface area (Å²) in [7, 11) is 0. The molecule has 8 heteroatoms. The second-order valence-corrected chi connectivity index (χ2v) is 8.47. The molecule has 0 bridgehead atoms. The maximum absolute atomic E-state index is 14.3. The largest absolute Gasteiger partial charge is 0.490 e. The molecule has 0 spiro atoms. The Morgan fingerprint density at radius 3 is 2.48 bits per heavy atom. The summed E-state index contributed by atoms with van der Waals surface area (Å²) in [4.78, 5) is 37.2. The van der Waals surface area contributed by atoms with E-state index >= 15 is 0 Å². The third-order valence-electron chi connectivity index (χ3n) is 4.98. The van der Waals surface area contributed by atoms with Crippen molar-refractivity contribution in [2.24, 2.45) is 0 Å². The van der Waals surface area contributed by atoms with Crippen LogP contribution in [0.25, 0.3) is 0 Å². The summed E-state index contributed by atoms with van der Waals surface area (Å²) in [5, 5.41) is 2.25. The van der Waals surface area contributed by atoms with Crippen molar-refractivity contribution < 1.29 is 28.2 Å². The summed E-state index contributed by atoms with van der Waals surface area (Å²) in [5.41, 5.74) is -0.302. The van der Waals surface area contributed by atoms with Crippen LogP contribution in [0.3, 0.4) is 0 Å². The molecule has 2 heterocycles. The smallest absolute Gasteiger partial charge is 0.410 e. The molecule has 0 aliphatic carbocycles. The molecule has 1 aromatic carbocycles. The van der Waals surface area contributed by atoms with Crippen LogP contribution in [0.15, 0.2) is 18.2 Å². The highest BCUT2D eigenvalue weighted by Gasteiger charge is 2.31. The SMILES string of the molecule is CC(C)(C)OC(=O)N1CCC(Oc2ccc(F)c(C3CCC(=O)NC3=O)c2)CC1. The van der Waals surface area contributed by atoms with Crippen LogP contribution in [-0.4, -0.2) is 47.6 Å². The zero-order valence-corrected chi connectivity index (χ0v) is 17.0. The monoisotopic (exact) mass is 406 g/mol. The van der Waals surface area contributed by atoms with Crippen molar-refractivity contribution in [1.82, 2.24) is 10.2 Å². The van der Waals surface area contributed by atoms with Crippen LogP contribution in [0.1, 0.15) is 57.9 Å². The Labute approximate surface area is 169 Å². The van der Waals surface area contributed by atoms with E-state index in [1.54, 1.807) is 4.90 Å². The fourth-order valence-corrected chi connectivity index (χ4v) is 3.53. The summed E-state index contributed by atoms with van der Waals surface area (Å²) in [6.45, 7) is 6.52. The Hall–Kier alpha value is -2.64. The number of piperidine rings is 2. The van der Waals surface area contributed by atoms with E-state index in [4.69, 9.17) is 9.47 Å². The molecule has 1 N–H and O–H groups in total. The molecule has 158 valence electrons. The van der Waals surface area contributed by atoms with Crippen LogP contribution in [-0.2, 0) is 14.3 Å². The molecular formula is C21H27FN2O5. The Balaban J connectivity index is 1.60. The summed E-state index contributed by atoms with van der Waals surface area (Å²) >= 11 is 0. The van der Waals surface area contributed by atoms with Gasteiger partial charge < -0.3 is 14.4 Å². The first-order chi connectivity index (χ1) is 13.6. The molecule has 3 rings (SSSR count). The number of nitrogens with zero attached hydrogens (tertiary/aromatic N) is 1. The van der Waals surface area contributed by atoms with Crippen LogP contribution in [0.4, 0.5) is 9.18 Å². The molecule has 0 radical (unpaired) electrons. The van der Waals surface area contributed by atoms with Crippen LogP contribution < -0.4 is 10.1 Å². The molecule has 2 aliphatic rings. The third-order valence-corrected chi connectivity index (χ3v) is 4.98. The second-order valence-electron chi connectivity index (χ2n) is 8.47. The molecule has 3 amide bonds. The first kappa shape index (κ1) is 21.1. The van der Waals surface area contributed by atoms with Crippen molar-refractivity contribution in [3.8, 4) is 5.75 Å². The molecule has 0 saturated carbocycles. The maximum Gasteiger partial charge on any atom is 0.410 e. The van der Waals surface area contributed by atoms with Crippen LogP contribution in [0.5, 0.6) is 5.75 Å². The number of halogens is 1.